The first-order valence-corrected chi connectivity index (χ1v) is 11.7. The first-order chi connectivity index (χ1) is 15.8. The van der Waals surface area contributed by atoms with E-state index in [0.29, 0.717) is 28.7 Å². The van der Waals surface area contributed by atoms with Gasteiger partial charge in [0.15, 0.2) is 0 Å². The number of hydrogen-bond acceptors (Lipinski definition) is 8. The molecule has 2 aromatic rings. The molecule has 0 unspecified atom stereocenters. The molecule has 1 saturated heterocycles. The summed E-state index contributed by atoms with van der Waals surface area (Å²) in [6.07, 6.45) is 0. The summed E-state index contributed by atoms with van der Waals surface area (Å²) in [6, 6.07) is 5.48. The van der Waals surface area contributed by atoms with Crippen molar-refractivity contribution in [1.82, 2.24) is 5.32 Å². The van der Waals surface area contributed by atoms with Gasteiger partial charge in [-0.15, -0.1) is 11.3 Å². The number of nitrogens with one attached hydrogen (secondary N) is 3. The fourth-order valence-electron chi connectivity index (χ4n) is 3.46. The number of ether oxygens (including phenoxy) is 2. The van der Waals surface area contributed by atoms with Gasteiger partial charge in [0.2, 0.25) is 5.91 Å². The number of benzene rings is 1. The number of thiophene rings is 1. The summed E-state index contributed by atoms with van der Waals surface area (Å²) >= 11 is 7.21. The summed E-state index contributed by atoms with van der Waals surface area (Å²) in [7, 11) is 1.50. The van der Waals surface area contributed by atoms with Crippen molar-refractivity contribution in [3.63, 3.8) is 0 Å². The maximum atomic E-state index is 12.8. The van der Waals surface area contributed by atoms with E-state index in [9.17, 15) is 14.4 Å². The van der Waals surface area contributed by atoms with Crippen LogP contribution in [0.2, 0.25) is 5.02 Å². The van der Waals surface area contributed by atoms with Gasteiger partial charge in [0, 0.05) is 25.2 Å². The second-order valence-corrected chi connectivity index (χ2v) is 8.68. The minimum absolute atomic E-state index is 0.0633. The molecule has 1 aliphatic heterocycles. The molecular formula is C22H27ClN4O5S. The molecule has 1 aromatic heterocycles. The minimum Gasteiger partial charge on any atom is -0.462 e. The lowest BCUT2D eigenvalue weighted by atomic mass is 10.1. The monoisotopic (exact) mass is 494 g/mol. The van der Waals surface area contributed by atoms with E-state index in [1.807, 2.05) is 6.07 Å². The number of esters is 1. The SMILES string of the molecule is CCOC(=O)c1c(NC(=O)CNc2cc(Cl)ccc2N2CCOCC2)sc(C(=O)NC)c1C. The summed E-state index contributed by atoms with van der Waals surface area (Å²) < 4.78 is 10.5. The van der Waals surface area contributed by atoms with Crippen molar-refractivity contribution < 1.29 is 23.9 Å². The van der Waals surface area contributed by atoms with E-state index in [0.717, 1.165) is 35.8 Å². The van der Waals surface area contributed by atoms with Crippen LogP contribution in [0.1, 0.15) is 32.5 Å². The molecule has 1 fully saturated rings. The molecular weight excluding hydrogens is 468 g/mol. The van der Waals surface area contributed by atoms with Gasteiger partial charge in [0.25, 0.3) is 5.91 Å². The summed E-state index contributed by atoms with van der Waals surface area (Å²) in [5.41, 5.74) is 2.30. The van der Waals surface area contributed by atoms with Gasteiger partial charge in [-0.3, -0.25) is 9.59 Å². The lowest BCUT2D eigenvalue weighted by Crippen LogP contribution is -2.36. The molecule has 2 heterocycles. The summed E-state index contributed by atoms with van der Waals surface area (Å²) in [5, 5.41) is 9.24. The number of carbonyl (C=O) groups excluding carboxylic acids is 3. The van der Waals surface area contributed by atoms with Crippen molar-refractivity contribution in [2.75, 3.05) is 62.0 Å². The van der Waals surface area contributed by atoms with Crippen LogP contribution in [0, 0.1) is 6.92 Å². The fourth-order valence-corrected chi connectivity index (χ4v) is 4.79. The molecule has 3 N–H and O–H groups in total. The van der Waals surface area contributed by atoms with Crippen molar-refractivity contribution in [3.8, 4) is 0 Å². The van der Waals surface area contributed by atoms with Crippen LogP contribution >= 0.6 is 22.9 Å². The van der Waals surface area contributed by atoms with Crippen LogP contribution in [-0.2, 0) is 14.3 Å². The lowest BCUT2D eigenvalue weighted by Gasteiger charge is -2.30. The second-order valence-electron chi connectivity index (χ2n) is 7.22. The molecule has 0 saturated carbocycles. The van der Waals surface area contributed by atoms with Gasteiger partial charge in [-0.05, 0) is 37.6 Å². The highest BCUT2D eigenvalue weighted by Crippen LogP contribution is 2.34. The number of anilines is 3. The zero-order valence-electron chi connectivity index (χ0n) is 18.7. The van der Waals surface area contributed by atoms with Crippen LogP contribution < -0.4 is 20.9 Å². The Bertz CT molecular complexity index is 1040. The van der Waals surface area contributed by atoms with Crippen molar-refractivity contribution >= 4 is 57.1 Å². The Balaban J connectivity index is 1.77. The Kier molecular flexibility index (Phi) is 8.54. The number of nitrogens with zero attached hydrogens (tertiary/aromatic N) is 1. The average molecular weight is 495 g/mol. The Hall–Kier alpha value is -2.82. The first-order valence-electron chi connectivity index (χ1n) is 10.5. The topological polar surface area (TPSA) is 109 Å². The van der Waals surface area contributed by atoms with Crippen molar-refractivity contribution in [2.24, 2.45) is 0 Å². The zero-order chi connectivity index (χ0) is 24.0. The standard InChI is InChI=1S/C22H27ClN4O5S/c1-4-32-22(30)18-13(2)19(20(29)24-3)33-21(18)26-17(28)12-25-15-11-14(23)5-6-16(15)27-7-9-31-10-8-27/h5-6,11,25H,4,7-10,12H2,1-3H3,(H,24,29)(H,26,28). The van der Waals surface area contributed by atoms with E-state index < -0.39 is 5.97 Å². The maximum absolute atomic E-state index is 12.8. The molecule has 33 heavy (non-hydrogen) atoms. The van der Waals surface area contributed by atoms with Crippen molar-refractivity contribution in [3.05, 3.63) is 39.2 Å². The molecule has 178 valence electrons. The van der Waals surface area contributed by atoms with Crippen LogP contribution in [0.4, 0.5) is 16.4 Å². The molecule has 9 nitrogen and oxygen atoms in total. The van der Waals surface area contributed by atoms with Gasteiger partial charge in [-0.25, -0.2) is 4.79 Å². The number of amides is 2. The van der Waals surface area contributed by atoms with Crippen LogP contribution in [0.25, 0.3) is 0 Å². The number of carbonyl (C=O) groups is 3. The highest BCUT2D eigenvalue weighted by Gasteiger charge is 2.26. The first kappa shape index (κ1) is 24.8. The van der Waals surface area contributed by atoms with Crippen molar-refractivity contribution in [1.29, 1.82) is 0 Å². The molecule has 1 aliphatic rings. The van der Waals surface area contributed by atoms with Gasteiger partial charge in [-0.2, -0.15) is 0 Å². The Morgan fingerprint density at radius 1 is 1.24 bits per heavy atom. The van der Waals surface area contributed by atoms with Crippen LogP contribution in [-0.4, -0.2) is 64.3 Å². The molecule has 0 radical (unpaired) electrons. The van der Waals surface area contributed by atoms with E-state index in [4.69, 9.17) is 21.1 Å². The van der Waals surface area contributed by atoms with Crippen LogP contribution in [0.5, 0.6) is 0 Å². The van der Waals surface area contributed by atoms with E-state index in [1.54, 1.807) is 26.0 Å². The van der Waals surface area contributed by atoms with Crippen LogP contribution in [0.3, 0.4) is 0 Å². The van der Waals surface area contributed by atoms with Gasteiger partial charge >= 0.3 is 5.97 Å². The maximum Gasteiger partial charge on any atom is 0.341 e. The Labute approximate surface area is 201 Å². The predicted molar refractivity (Wildman–Crippen MR) is 130 cm³/mol. The van der Waals surface area contributed by atoms with E-state index in [1.165, 1.54) is 7.05 Å². The number of morpholine rings is 1. The molecule has 3 rings (SSSR count). The van der Waals surface area contributed by atoms with Crippen LogP contribution in [0.15, 0.2) is 18.2 Å². The molecule has 0 atom stereocenters. The number of rotatable bonds is 8. The Morgan fingerprint density at radius 3 is 2.64 bits per heavy atom. The summed E-state index contributed by atoms with van der Waals surface area (Å²) in [4.78, 5) is 39.9. The zero-order valence-corrected chi connectivity index (χ0v) is 20.3. The molecule has 11 heteroatoms. The normalized spacial score (nSPS) is 13.4. The molecule has 2 amide bonds. The molecule has 0 bridgehead atoms. The molecule has 1 aromatic carbocycles. The summed E-state index contributed by atoms with van der Waals surface area (Å²) in [5.74, 6) is -1.30. The van der Waals surface area contributed by atoms with Gasteiger partial charge < -0.3 is 30.3 Å². The summed E-state index contributed by atoms with van der Waals surface area (Å²) in [6.45, 7) is 6.20. The predicted octanol–water partition coefficient (Wildman–Crippen LogP) is 3.13. The van der Waals surface area contributed by atoms with Gasteiger partial charge in [0.05, 0.1) is 48.2 Å². The number of halogens is 1. The molecule has 0 spiro atoms. The third-order valence-corrected chi connectivity index (χ3v) is 6.50. The smallest absolute Gasteiger partial charge is 0.341 e. The van der Waals surface area contributed by atoms with E-state index in [2.05, 4.69) is 20.9 Å². The average Bonchev–Trinajstić information content (AvgIpc) is 3.13. The second kappa shape index (κ2) is 11.4. The highest BCUT2D eigenvalue weighted by molar-refractivity contribution is 7.18. The highest BCUT2D eigenvalue weighted by atomic mass is 35.5. The van der Waals surface area contributed by atoms with Gasteiger partial charge in [0.1, 0.15) is 5.00 Å². The fraction of sp³-hybridized carbons (Fsp3) is 0.409. The quantitative estimate of drug-likeness (QED) is 0.484. The third-order valence-electron chi connectivity index (χ3n) is 5.06. The largest absolute Gasteiger partial charge is 0.462 e. The molecule has 0 aliphatic carbocycles. The van der Waals surface area contributed by atoms with Crippen molar-refractivity contribution in [2.45, 2.75) is 13.8 Å². The number of hydrogen-bond donors (Lipinski definition) is 3. The minimum atomic E-state index is -0.589. The van der Waals surface area contributed by atoms with Gasteiger partial charge in [-0.1, -0.05) is 11.6 Å². The Morgan fingerprint density at radius 2 is 1.97 bits per heavy atom. The lowest BCUT2D eigenvalue weighted by molar-refractivity contribution is -0.114. The van der Waals surface area contributed by atoms with E-state index >= 15 is 0 Å². The van der Waals surface area contributed by atoms with E-state index in [-0.39, 0.29) is 35.5 Å². The third kappa shape index (κ3) is 5.95.